The first-order valence-corrected chi connectivity index (χ1v) is 10.3. The van der Waals surface area contributed by atoms with E-state index in [1.165, 1.54) is 19.2 Å². The molecule has 1 spiro atoms. The van der Waals surface area contributed by atoms with Crippen LogP contribution in [0.2, 0.25) is 0 Å². The first-order valence-electron chi connectivity index (χ1n) is 9.51. The molecule has 4 nitrogen and oxygen atoms in total. The Hall–Kier alpha value is -1.41. The Labute approximate surface area is 161 Å². The van der Waals surface area contributed by atoms with Crippen molar-refractivity contribution in [2.24, 2.45) is 11.3 Å². The normalized spacial score (nSPS) is 20.6. The summed E-state index contributed by atoms with van der Waals surface area (Å²) in [7, 11) is 0. The monoisotopic (exact) mass is 398 g/mol. The number of alkyl halides is 3. The van der Waals surface area contributed by atoms with E-state index in [1.807, 2.05) is 0 Å². The van der Waals surface area contributed by atoms with Crippen LogP contribution in [0.3, 0.4) is 0 Å². The molecule has 2 aromatic heterocycles. The number of hydrogen-bond acceptors (Lipinski definition) is 5. The number of thiophene rings is 1. The van der Waals surface area contributed by atoms with E-state index in [-0.39, 0.29) is 0 Å². The smallest absolute Gasteiger partial charge is 0.355 e. The van der Waals surface area contributed by atoms with E-state index >= 15 is 0 Å². The lowest BCUT2D eigenvalue weighted by atomic mass is 9.72. The van der Waals surface area contributed by atoms with Crippen LogP contribution >= 0.6 is 11.3 Å². The Kier molecular flexibility index (Phi) is 4.83. The molecule has 0 aromatic carbocycles. The summed E-state index contributed by atoms with van der Waals surface area (Å²) in [6.45, 7) is 9.83. The molecule has 148 valence electrons. The number of halogens is 3. The van der Waals surface area contributed by atoms with Crippen LogP contribution in [0.4, 0.5) is 19.0 Å². The summed E-state index contributed by atoms with van der Waals surface area (Å²) in [4.78, 5) is 14.3. The molecule has 27 heavy (non-hydrogen) atoms. The van der Waals surface area contributed by atoms with Gasteiger partial charge in [0.05, 0.1) is 11.8 Å². The highest BCUT2D eigenvalue weighted by Crippen LogP contribution is 2.44. The van der Waals surface area contributed by atoms with Gasteiger partial charge in [0, 0.05) is 29.9 Å². The zero-order valence-corrected chi connectivity index (χ0v) is 16.5. The number of aromatic nitrogens is 2. The van der Waals surface area contributed by atoms with Crippen molar-refractivity contribution >= 4 is 27.4 Å². The number of nitrogens with zero attached hydrogens (tertiary/aromatic N) is 4. The molecule has 4 heterocycles. The number of likely N-dealkylation sites (tertiary alicyclic amines) is 1. The van der Waals surface area contributed by atoms with Crippen LogP contribution in [0, 0.1) is 11.3 Å². The zero-order valence-electron chi connectivity index (χ0n) is 15.7. The lowest BCUT2D eigenvalue weighted by Crippen LogP contribution is -2.61. The topological polar surface area (TPSA) is 32.3 Å². The van der Waals surface area contributed by atoms with E-state index in [1.54, 1.807) is 6.07 Å². The van der Waals surface area contributed by atoms with Crippen LogP contribution in [0.1, 0.15) is 31.6 Å². The van der Waals surface area contributed by atoms with Gasteiger partial charge < -0.3 is 9.80 Å². The summed E-state index contributed by atoms with van der Waals surface area (Å²) in [6.07, 6.45) is -1.25. The number of rotatable bonds is 4. The van der Waals surface area contributed by atoms with Gasteiger partial charge in [0.15, 0.2) is 0 Å². The maximum atomic E-state index is 12.7. The largest absolute Gasteiger partial charge is 0.393 e. The number of hydrogen-bond donors (Lipinski definition) is 0. The fraction of sp³-hybridized carbons (Fsp3) is 0.684. The molecule has 2 aromatic rings. The van der Waals surface area contributed by atoms with Gasteiger partial charge in [-0.05, 0) is 37.9 Å². The fourth-order valence-electron chi connectivity index (χ4n) is 4.39. The minimum absolute atomic E-state index is 0.302. The van der Waals surface area contributed by atoms with Crippen molar-refractivity contribution in [3.8, 4) is 0 Å². The minimum Gasteiger partial charge on any atom is -0.355 e. The van der Waals surface area contributed by atoms with Gasteiger partial charge in [-0.1, -0.05) is 13.8 Å². The van der Waals surface area contributed by atoms with Gasteiger partial charge in [0.25, 0.3) is 0 Å². The molecule has 0 saturated carbocycles. The Balaban J connectivity index is 1.44. The molecule has 0 bridgehead atoms. The summed E-state index contributed by atoms with van der Waals surface area (Å²) in [5.74, 6) is 1.48. The number of fused-ring (bicyclic) bond motifs is 1. The Morgan fingerprint density at radius 1 is 1.19 bits per heavy atom. The summed E-state index contributed by atoms with van der Waals surface area (Å²) >= 11 is 1.12. The van der Waals surface area contributed by atoms with E-state index < -0.39 is 12.6 Å². The van der Waals surface area contributed by atoms with Crippen LogP contribution in [-0.4, -0.2) is 53.8 Å². The summed E-state index contributed by atoms with van der Waals surface area (Å²) in [5.41, 5.74) is 0.343. The molecule has 2 aliphatic heterocycles. The van der Waals surface area contributed by atoms with Gasteiger partial charge in [-0.15, -0.1) is 11.3 Å². The third-order valence-electron chi connectivity index (χ3n) is 5.63. The van der Waals surface area contributed by atoms with Gasteiger partial charge in [-0.3, -0.25) is 0 Å². The van der Waals surface area contributed by atoms with E-state index in [0.29, 0.717) is 21.0 Å². The van der Waals surface area contributed by atoms with E-state index in [9.17, 15) is 13.2 Å². The molecule has 0 radical (unpaired) electrons. The molecule has 0 atom stereocenters. The molecule has 2 saturated heterocycles. The van der Waals surface area contributed by atoms with Gasteiger partial charge in [-0.25, -0.2) is 9.97 Å². The maximum Gasteiger partial charge on any atom is 0.393 e. The highest BCUT2D eigenvalue weighted by molar-refractivity contribution is 7.18. The number of anilines is 1. The van der Waals surface area contributed by atoms with Gasteiger partial charge >= 0.3 is 6.18 Å². The third kappa shape index (κ3) is 4.06. The van der Waals surface area contributed by atoms with Crippen molar-refractivity contribution in [3.63, 3.8) is 0 Å². The van der Waals surface area contributed by atoms with Crippen molar-refractivity contribution in [1.82, 2.24) is 14.9 Å². The van der Waals surface area contributed by atoms with E-state index in [4.69, 9.17) is 0 Å². The van der Waals surface area contributed by atoms with Crippen LogP contribution in [0.5, 0.6) is 0 Å². The average molecular weight is 398 g/mol. The van der Waals surface area contributed by atoms with E-state index in [0.717, 1.165) is 55.3 Å². The lowest BCUT2D eigenvalue weighted by Gasteiger charge is -2.54. The summed E-state index contributed by atoms with van der Waals surface area (Å²) in [6, 6.07) is 1.62. The van der Waals surface area contributed by atoms with Crippen LogP contribution in [0.15, 0.2) is 12.4 Å². The van der Waals surface area contributed by atoms with Gasteiger partial charge in [0.2, 0.25) is 0 Å². The van der Waals surface area contributed by atoms with Crippen LogP contribution < -0.4 is 4.90 Å². The second-order valence-electron chi connectivity index (χ2n) is 8.47. The van der Waals surface area contributed by atoms with Crippen molar-refractivity contribution in [2.45, 2.75) is 39.3 Å². The van der Waals surface area contributed by atoms with Gasteiger partial charge in [0.1, 0.15) is 17.0 Å². The highest BCUT2D eigenvalue weighted by atomic mass is 32.1. The molecule has 2 aliphatic rings. The summed E-state index contributed by atoms with van der Waals surface area (Å²) < 4.78 is 38.1. The second-order valence-corrected chi connectivity index (χ2v) is 9.59. The second kappa shape index (κ2) is 6.88. The molecular formula is C19H25F3N4S. The number of piperidine rings is 1. The summed E-state index contributed by atoms with van der Waals surface area (Å²) in [5, 5.41) is 0.758. The van der Waals surface area contributed by atoms with Crippen molar-refractivity contribution in [2.75, 3.05) is 37.6 Å². The molecule has 8 heteroatoms. The minimum atomic E-state index is -4.20. The predicted octanol–water partition coefficient (Wildman–Crippen LogP) is 4.35. The van der Waals surface area contributed by atoms with Crippen molar-refractivity contribution in [3.05, 3.63) is 17.3 Å². The zero-order chi connectivity index (χ0) is 19.2. The average Bonchev–Trinajstić information content (AvgIpc) is 2.93. The SMILES string of the molecule is CC(C)CN1CCC2(CC1)CN(c1ncnc3sc(CC(F)(F)F)cc13)C2. The van der Waals surface area contributed by atoms with Crippen LogP contribution in [-0.2, 0) is 6.42 Å². The molecule has 0 unspecified atom stereocenters. The highest BCUT2D eigenvalue weighted by Gasteiger charge is 2.45. The fourth-order valence-corrected chi connectivity index (χ4v) is 5.41. The Morgan fingerprint density at radius 2 is 1.89 bits per heavy atom. The molecule has 0 aliphatic carbocycles. The predicted molar refractivity (Wildman–Crippen MR) is 102 cm³/mol. The molecule has 0 amide bonds. The first-order chi connectivity index (χ1) is 12.7. The van der Waals surface area contributed by atoms with Crippen LogP contribution in [0.25, 0.3) is 10.2 Å². The molecular weight excluding hydrogens is 373 g/mol. The van der Waals surface area contributed by atoms with E-state index in [2.05, 4.69) is 33.6 Å². The first kappa shape index (κ1) is 18.9. The molecule has 4 rings (SSSR count). The van der Waals surface area contributed by atoms with Crippen molar-refractivity contribution in [1.29, 1.82) is 0 Å². The maximum absolute atomic E-state index is 12.7. The molecule has 2 fully saturated rings. The van der Waals surface area contributed by atoms with Gasteiger partial charge in [-0.2, -0.15) is 13.2 Å². The Morgan fingerprint density at radius 3 is 2.52 bits per heavy atom. The van der Waals surface area contributed by atoms with Crippen molar-refractivity contribution < 1.29 is 13.2 Å². The quantitative estimate of drug-likeness (QED) is 0.766. The molecule has 0 N–H and O–H groups in total. The Bertz CT molecular complexity index is 801. The third-order valence-corrected chi connectivity index (χ3v) is 6.67. The standard InChI is InChI=1S/C19H25F3N4S/c1-13(2)9-25-5-3-18(4-6-25)10-26(11-18)16-15-7-14(8-19(20,21)22)27-17(15)24-12-23-16/h7,12-13H,3-6,8-11H2,1-2H3. The lowest BCUT2D eigenvalue weighted by molar-refractivity contribution is -0.126.